The van der Waals surface area contributed by atoms with Gasteiger partial charge in [-0.25, -0.2) is 0 Å². The second-order valence-corrected chi connectivity index (χ2v) is 7.41. The minimum Gasteiger partial charge on any atom is -0.304 e. The summed E-state index contributed by atoms with van der Waals surface area (Å²) in [6.07, 6.45) is 0. The Labute approximate surface area is 128 Å². The molecule has 0 radical (unpaired) electrons. The molecule has 0 spiro atoms. The van der Waals surface area contributed by atoms with Crippen LogP contribution in [0.3, 0.4) is 0 Å². The lowest BCUT2D eigenvalue weighted by molar-refractivity contribution is 0.494. The fraction of sp³-hybridized carbons (Fsp3) is 0.375. The molecule has 2 aromatic rings. The minimum absolute atomic E-state index is 0.340. The molecule has 0 aliphatic heterocycles. The Balaban J connectivity index is 2.10. The Hall–Kier alpha value is -0.640. The number of aryl methyl sites for hydroxylation is 2. The molecular formula is C16H20BrNS. The van der Waals surface area contributed by atoms with Crippen molar-refractivity contribution in [2.24, 2.45) is 0 Å². The topological polar surface area (TPSA) is 12.0 Å². The average molecular weight is 338 g/mol. The van der Waals surface area contributed by atoms with Gasteiger partial charge in [-0.3, -0.25) is 0 Å². The Kier molecular flexibility index (Phi) is 4.82. The third kappa shape index (κ3) is 3.68. The summed E-state index contributed by atoms with van der Waals surface area (Å²) in [7, 11) is 0. The highest BCUT2D eigenvalue weighted by atomic mass is 79.9. The van der Waals surface area contributed by atoms with Crippen LogP contribution in [0.2, 0.25) is 0 Å². The van der Waals surface area contributed by atoms with E-state index in [9.17, 15) is 0 Å². The van der Waals surface area contributed by atoms with E-state index >= 15 is 0 Å². The number of halogens is 1. The third-order valence-corrected chi connectivity index (χ3v) is 4.87. The van der Waals surface area contributed by atoms with E-state index in [1.165, 1.54) is 20.9 Å². The first kappa shape index (κ1) is 14.8. The molecule has 1 heterocycles. The second-order valence-electron chi connectivity index (χ2n) is 5.03. The van der Waals surface area contributed by atoms with Crippen LogP contribution in [0.25, 0.3) is 0 Å². The van der Waals surface area contributed by atoms with E-state index in [4.69, 9.17) is 0 Å². The first-order valence-corrected chi connectivity index (χ1v) is 8.16. The largest absolute Gasteiger partial charge is 0.304 e. The molecule has 19 heavy (non-hydrogen) atoms. The molecule has 0 aliphatic rings. The molecule has 0 saturated carbocycles. The van der Waals surface area contributed by atoms with Crippen molar-refractivity contribution in [1.82, 2.24) is 5.32 Å². The third-order valence-electron chi connectivity index (χ3n) is 3.39. The predicted molar refractivity (Wildman–Crippen MR) is 87.9 cm³/mol. The number of thiophene rings is 1. The highest BCUT2D eigenvalue weighted by Gasteiger charge is 2.14. The van der Waals surface area contributed by atoms with Crippen LogP contribution in [0, 0.1) is 13.8 Å². The molecule has 0 aliphatic carbocycles. The van der Waals surface area contributed by atoms with E-state index in [0.29, 0.717) is 12.1 Å². The lowest BCUT2D eigenvalue weighted by atomic mass is 10.0. The molecular weight excluding hydrogens is 318 g/mol. The van der Waals surface area contributed by atoms with Gasteiger partial charge < -0.3 is 5.32 Å². The first-order chi connectivity index (χ1) is 8.97. The van der Waals surface area contributed by atoms with Gasteiger partial charge in [0.25, 0.3) is 0 Å². The van der Waals surface area contributed by atoms with Crippen molar-refractivity contribution in [3.63, 3.8) is 0 Å². The normalized spacial score (nSPS) is 14.4. The smallest absolute Gasteiger partial charge is 0.0308 e. The van der Waals surface area contributed by atoms with Crippen molar-refractivity contribution < 1.29 is 0 Å². The van der Waals surface area contributed by atoms with Crippen molar-refractivity contribution in [2.45, 2.75) is 39.8 Å². The average Bonchev–Trinajstić information content (AvgIpc) is 2.68. The molecule has 0 amide bonds. The van der Waals surface area contributed by atoms with Gasteiger partial charge in [-0.1, -0.05) is 28.1 Å². The number of hydrogen-bond acceptors (Lipinski definition) is 2. The lowest BCUT2D eigenvalue weighted by Gasteiger charge is -2.21. The van der Waals surface area contributed by atoms with Crippen molar-refractivity contribution in [2.75, 3.05) is 0 Å². The number of hydrogen-bond donors (Lipinski definition) is 1. The van der Waals surface area contributed by atoms with Gasteiger partial charge in [-0.2, -0.15) is 0 Å². The molecule has 2 atom stereocenters. The molecule has 1 aromatic heterocycles. The molecule has 2 rings (SSSR count). The van der Waals surface area contributed by atoms with Crippen molar-refractivity contribution in [1.29, 1.82) is 0 Å². The molecule has 2 unspecified atom stereocenters. The molecule has 0 saturated heterocycles. The summed E-state index contributed by atoms with van der Waals surface area (Å²) in [6.45, 7) is 8.83. The summed E-state index contributed by atoms with van der Waals surface area (Å²) in [6, 6.07) is 11.5. The van der Waals surface area contributed by atoms with Gasteiger partial charge in [0.2, 0.25) is 0 Å². The number of nitrogens with one attached hydrogen (secondary N) is 1. The minimum atomic E-state index is 0.340. The van der Waals surface area contributed by atoms with Crippen molar-refractivity contribution in [3.8, 4) is 0 Å². The standard InChI is InChI=1S/C16H20BrNS/c1-10-8-16(13(4)19-10)12(3)18-11(2)14-6-5-7-15(17)9-14/h5-9,11-12,18H,1-4H3. The zero-order chi connectivity index (χ0) is 14.0. The maximum atomic E-state index is 3.68. The van der Waals surface area contributed by atoms with Gasteiger partial charge in [0, 0.05) is 26.3 Å². The van der Waals surface area contributed by atoms with E-state index in [2.05, 4.69) is 79.3 Å². The molecule has 0 bridgehead atoms. The predicted octanol–water partition coefficient (Wildman–Crippen LogP) is 5.54. The highest BCUT2D eigenvalue weighted by Crippen LogP contribution is 2.28. The van der Waals surface area contributed by atoms with Crippen LogP contribution in [0.15, 0.2) is 34.8 Å². The van der Waals surface area contributed by atoms with E-state index in [-0.39, 0.29) is 0 Å². The van der Waals surface area contributed by atoms with Crippen LogP contribution < -0.4 is 5.32 Å². The van der Waals surface area contributed by atoms with Crippen LogP contribution >= 0.6 is 27.3 Å². The number of benzene rings is 1. The Bertz CT molecular complexity index is 562. The Morgan fingerprint density at radius 2 is 1.84 bits per heavy atom. The summed E-state index contributed by atoms with van der Waals surface area (Å²) in [4.78, 5) is 2.80. The first-order valence-electron chi connectivity index (χ1n) is 6.56. The fourth-order valence-electron chi connectivity index (χ4n) is 2.42. The molecule has 1 aromatic carbocycles. The van der Waals surface area contributed by atoms with Gasteiger partial charge in [0.05, 0.1) is 0 Å². The molecule has 3 heteroatoms. The summed E-state index contributed by atoms with van der Waals surface area (Å²) in [5, 5.41) is 3.68. The van der Waals surface area contributed by atoms with Crippen molar-refractivity contribution in [3.05, 3.63) is 55.7 Å². The number of rotatable bonds is 4. The summed E-state index contributed by atoms with van der Waals surface area (Å²) < 4.78 is 1.13. The Morgan fingerprint density at radius 1 is 1.11 bits per heavy atom. The van der Waals surface area contributed by atoms with Gasteiger partial charge in [0.15, 0.2) is 0 Å². The molecule has 1 nitrogen and oxygen atoms in total. The SMILES string of the molecule is Cc1cc(C(C)NC(C)c2cccc(Br)c2)c(C)s1. The van der Waals surface area contributed by atoms with Crippen molar-refractivity contribution >= 4 is 27.3 Å². The van der Waals surface area contributed by atoms with Crippen LogP contribution in [-0.2, 0) is 0 Å². The van der Waals surface area contributed by atoms with Crippen LogP contribution in [0.1, 0.15) is 46.8 Å². The molecule has 1 N–H and O–H groups in total. The summed E-state index contributed by atoms with van der Waals surface area (Å²) in [5.74, 6) is 0. The monoisotopic (exact) mass is 337 g/mol. The molecule has 0 fully saturated rings. The molecule has 102 valence electrons. The second kappa shape index (κ2) is 6.21. The zero-order valence-electron chi connectivity index (χ0n) is 11.8. The highest BCUT2D eigenvalue weighted by molar-refractivity contribution is 9.10. The van der Waals surface area contributed by atoms with Gasteiger partial charge in [-0.05, 0) is 57.0 Å². The van der Waals surface area contributed by atoms with E-state index in [0.717, 1.165) is 4.47 Å². The summed E-state index contributed by atoms with van der Waals surface area (Å²) >= 11 is 5.41. The van der Waals surface area contributed by atoms with E-state index < -0.39 is 0 Å². The fourth-order valence-corrected chi connectivity index (χ4v) is 3.86. The van der Waals surface area contributed by atoms with Gasteiger partial charge in [0.1, 0.15) is 0 Å². The Morgan fingerprint density at radius 3 is 2.42 bits per heavy atom. The zero-order valence-corrected chi connectivity index (χ0v) is 14.2. The van der Waals surface area contributed by atoms with E-state index in [1.54, 1.807) is 0 Å². The van der Waals surface area contributed by atoms with E-state index in [1.807, 2.05) is 11.3 Å². The van der Waals surface area contributed by atoms with Gasteiger partial charge in [-0.15, -0.1) is 11.3 Å². The maximum absolute atomic E-state index is 3.68. The van der Waals surface area contributed by atoms with Crippen LogP contribution in [0.4, 0.5) is 0 Å². The lowest BCUT2D eigenvalue weighted by Crippen LogP contribution is -2.22. The summed E-state index contributed by atoms with van der Waals surface area (Å²) in [5.41, 5.74) is 2.73. The van der Waals surface area contributed by atoms with Crippen LogP contribution in [0.5, 0.6) is 0 Å². The quantitative estimate of drug-likeness (QED) is 0.772. The van der Waals surface area contributed by atoms with Crippen LogP contribution in [-0.4, -0.2) is 0 Å². The maximum Gasteiger partial charge on any atom is 0.0308 e. The van der Waals surface area contributed by atoms with Gasteiger partial charge >= 0.3 is 0 Å².